The highest BCUT2D eigenvalue weighted by Crippen LogP contribution is 2.31. The summed E-state index contributed by atoms with van der Waals surface area (Å²) in [5.74, 6) is -0.670. The minimum absolute atomic E-state index is 0.0734. The molecule has 0 unspecified atom stereocenters. The Kier molecular flexibility index (Phi) is 4.71. The Bertz CT molecular complexity index is 303. The van der Waals surface area contributed by atoms with Crippen LogP contribution in [0.5, 0.6) is 0 Å². The molecule has 0 aromatic rings. The molecule has 17 heavy (non-hydrogen) atoms. The van der Waals surface area contributed by atoms with Crippen molar-refractivity contribution in [3.63, 3.8) is 0 Å². The van der Waals surface area contributed by atoms with Crippen molar-refractivity contribution in [3.8, 4) is 0 Å². The van der Waals surface area contributed by atoms with Crippen LogP contribution in [0.4, 0.5) is 0 Å². The molecule has 0 radical (unpaired) electrons. The summed E-state index contributed by atoms with van der Waals surface area (Å²) in [4.78, 5) is 24.9. The number of nitrogens with two attached hydrogens (primary N) is 2. The van der Waals surface area contributed by atoms with Gasteiger partial charge in [-0.2, -0.15) is 0 Å². The maximum Gasteiger partial charge on any atom is 0.237 e. The fraction of sp³-hybridized carbons (Fsp3) is 0.833. The SMILES string of the molecule is CC(C)N(CC(N)=O)C(=O)C(C)(C)C(C)(C)N. The summed E-state index contributed by atoms with van der Waals surface area (Å²) in [5.41, 5.74) is 9.75. The summed E-state index contributed by atoms with van der Waals surface area (Å²) in [6, 6.07) is -0.0865. The predicted octanol–water partition coefficient (Wildman–Crippen LogP) is 0.472. The molecule has 0 aliphatic carbocycles. The summed E-state index contributed by atoms with van der Waals surface area (Å²) < 4.78 is 0. The third kappa shape index (κ3) is 3.70. The first kappa shape index (κ1) is 15.9. The molecule has 0 saturated carbocycles. The highest BCUT2D eigenvalue weighted by Gasteiger charge is 2.43. The Labute approximate surface area is 104 Å². The molecule has 0 bridgehead atoms. The van der Waals surface area contributed by atoms with E-state index < -0.39 is 16.9 Å². The maximum absolute atomic E-state index is 12.4. The van der Waals surface area contributed by atoms with Gasteiger partial charge in [-0.15, -0.1) is 0 Å². The minimum Gasteiger partial charge on any atom is -0.368 e. The van der Waals surface area contributed by atoms with E-state index in [0.717, 1.165) is 0 Å². The van der Waals surface area contributed by atoms with Crippen LogP contribution in [0.2, 0.25) is 0 Å². The van der Waals surface area contributed by atoms with E-state index in [0.29, 0.717) is 0 Å². The van der Waals surface area contributed by atoms with Crippen LogP contribution < -0.4 is 11.5 Å². The van der Waals surface area contributed by atoms with Crippen LogP contribution in [0, 0.1) is 5.41 Å². The van der Waals surface area contributed by atoms with E-state index in [2.05, 4.69) is 0 Å². The predicted molar refractivity (Wildman–Crippen MR) is 68.1 cm³/mol. The number of amides is 2. The zero-order valence-corrected chi connectivity index (χ0v) is 11.7. The monoisotopic (exact) mass is 243 g/mol. The van der Waals surface area contributed by atoms with E-state index in [-0.39, 0.29) is 18.5 Å². The average Bonchev–Trinajstić information content (AvgIpc) is 2.10. The molecule has 2 amide bonds. The first-order chi connectivity index (χ1) is 7.41. The van der Waals surface area contributed by atoms with Gasteiger partial charge in [0.15, 0.2) is 0 Å². The Hall–Kier alpha value is -1.10. The second-order valence-electron chi connectivity index (χ2n) is 5.84. The van der Waals surface area contributed by atoms with Crippen LogP contribution in [0.25, 0.3) is 0 Å². The summed E-state index contributed by atoms with van der Waals surface area (Å²) >= 11 is 0. The van der Waals surface area contributed by atoms with Gasteiger partial charge in [0.1, 0.15) is 0 Å². The molecule has 0 heterocycles. The van der Waals surface area contributed by atoms with Crippen molar-refractivity contribution in [3.05, 3.63) is 0 Å². The van der Waals surface area contributed by atoms with E-state index in [1.807, 2.05) is 13.8 Å². The van der Waals surface area contributed by atoms with Gasteiger partial charge in [0.2, 0.25) is 11.8 Å². The average molecular weight is 243 g/mol. The van der Waals surface area contributed by atoms with Gasteiger partial charge in [0.05, 0.1) is 12.0 Å². The lowest BCUT2D eigenvalue weighted by atomic mass is 9.74. The van der Waals surface area contributed by atoms with Gasteiger partial charge in [0, 0.05) is 11.6 Å². The van der Waals surface area contributed by atoms with Crippen molar-refractivity contribution in [1.29, 1.82) is 0 Å². The standard InChI is InChI=1S/C12H25N3O2/c1-8(2)15(7-9(13)16)10(17)11(3,4)12(5,6)14/h8H,7,14H2,1-6H3,(H2,13,16). The zero-order chi connectivity index (χ0) is 14.0. The van der Waals surface area contributed by atoms with Crippen molar-refractivity contribution < 1.29 is 9.59 Å². The van der Waals surface area contributed by atoms with Crippen molar-refractivity contribution in [2.75, 3.05) is 6.54 Å². The first-order valence-electron chi connectivity index (χ1n) is 5.79. The number of carbonyl (C=O) groups is 2. The molecular formula is C12H25N3O2. The smallest absolute Gasteiger partial charge is 0.237 e. The Morgan fingerprint density at radius 1 is 1.18 bits per heavy atom. The lowest BCUT2D eigenvalue weighted by Gasteiger charge is -2.41. The van der Waals surface area contributed by atoms with Gasteiger partial charge in [-0.3, -0.25) is 9.59 Å². The van der Waals surface area contributed by atoms with Gasteiger partial charge in [0.25, 0.3) is 0 Å². The molecule has 5 nitrogen and oxygen atoms in total. The molecule has 0 rings (SSSR count). The molecule has 0 saturated heterocycles. The highest BCUT2D eigenvalue weighted by molar-refractivity contribution is 5.88. The lowest BCUT2D eigenvalue weighted by molar-refractivity contribution is -0.147. The number of nitrogens with zero attached hydrogens (tertiary/aromatic N) is 1. The topological polar surface area (TPSA) is 89.4 Å². The van der Waals surface area contributed by atoms with E-state index in [9.17, 15) is 9.59 Å². The molecule has 4 N–H and O–H groups in total. The van der Waals surface area contributed by atoms with Crippen LogP contribution in [0.1, 0.15) is 41.5 Å². The van der Waals surface area contributed by atoms with Gasteiger partial charge in [-0.1, -0.05) is 0 Å². The molecule has 100 valence electrons. The molecule has 0 aromatic heterocycles. The molecule has 0 spiro atoms. The van der Waals surface area contributed by atoms with Gasteiger partial charge < -0.3 is 16.4 Å². The number of hydrogen-bond acceptors (Lipinski definition) is 3. The second-order valence-corrected chi connectivity index (χ2v) is 5.84. The van der Waals surface area contributed by atoms with Gasteiger partial charge in [-0.25, -0.2) is 0 Å². The lowest BCUT2D eigenvalue weighted by Crippen LogP contribution is -2.58. The quantitative estimate of drug-likeness (QED) is 0.735. The maximum atomic E-state index is 12.4. The van der Waals surface area contributed by atoms with Crippen molar-refractivity contribution >= 4 is 11.8 Å². The zero-order valence-electron chi connectivity index (χ0n) is 11.7. The van der Waals surface area contributed by atoms with Crippen LogP contribution >= 0.6 is 0 Å². The molecule has 0 fully saturated rings. The number of hydrogen-bond donors (Lipinski definition) is 2. The molecular weight excluding hydrogens is 218 g/mol. The number of rotatable bonds is 5. The van der Waals surface area contributed by atoms with E-state index >= 15 is 0 Å². The van der Waals surface area contributed by atoms with Crippen LogP contribution in [-0.4, -0.2) is 34.8 Å². The third-order valence-electron chi connectivity index (χ3n) is 3.36. The highest BCUT2D eigenvalue weighted by atomic mass is 16.2. The fourth-order valence-corrected chi connectivity index (χ4v) is 1.29. The van der Waals surface area contributed by atoms with E-state index in [4.69, 9.17) is 11.5 Å². The Morgan fingerprint density at radius 2 is 1.59 bits per heavy atom. The van der Waals surface area contributed by atoms with Crippen molar-refractivity contribution in [2.45, 2.75) is 53.1 Å². The van der Waals surface area contributed by atoms with Gasteiger partial charge in [-0.05, 0) is 41.5 Å². The second kappa shape index (κ2) is 5.04. The molecule has 0 aliphatic heterocycles. The normalized spacial score (nSPS) is 12.7. The first-order valence-corrected chi connectivity index (χ1v) is 5.79. The summed E-state index contributed by atoms with van der Waals surface area (Å²) in [7, 11) is 0. The molecule has 0 aromatic carbocycles. The number of carbonyl (C=O) groups excluding carboxylic acids is 2. The van der Waals surface area contributed by atoms with Gasteiger partial charge >= 0.3 is 0 Å². The van der Waals surface area contributed by atoms with E-state index in [1.54, 1.807) is 27.7 Å². The van der Waals surface area contributed by atoms with Crippen molar-refractivity contribution in [2.24, 2.45) is 16.9 Å². The number of primary amides is 1. The Balaban J connectivity index is 5.16. The largest absolute Gasteiger partial charge is 0.368 e. The molecule has 5 heteroatoms. The summed E-state index contributed by atoms with van der Waals surface area (Å²) in [6.45, 7) is 10.8. The molecule has 0 atom stereocenters. The summed E-state index contributed by atoms with van der Waals surface area (Å²) in [5, 5.41) is 0. The summed E-state index contributed by atoms with van der Waals surface area (Å²) in [6.07, 6.45) is 0. The Morgan fingerprint density at radius 3 is 1.82 bits per heavy atom. The van der Waals surface area contributed by atoms with E-state index in [1.165, 1.54) is 4.90 Å². The van der Waals surface area contributed by atoms with Crippen LogP contribution in [0.15, 0.2) is 0 Å². The third-order valence-corrected chi connectivity index (χ3v) is 3.36. The van der Waals surface area contributed by atoms with Crippen LogP contribution in [-0.2, 0) is 9.59 Å². The molecule has 0 aliphatic rings. The van der Waals surface area contributed by atoms with Crippen molar-refractivity contribution in [1.82, 2.24) is 4.90 Å². The minimum atomic E-state index is -0.757. The fourth-order valence-electron chi connectivity index (χ4n) is 1.29. The van der Waals surface area contributed by atoms with Crippen LogP contribution in [0.3, 0.4) is 0 Å².